The van der Waals surface area contributed by atoms with Gasteiger partial charge in [0.1, 0.15) is 18.3 Å². The fourth-order valence-corrected chi connectivity index (χ4v) is 3.07. The van der Waals surface area contributed by atoms with Gasteiger partial charge in [-0.2, -0.15) is 0 Å². The van der Waals surface area contributed by atoms with E-state index in [9.17, 15) is 14.7 Å². The van der Waals surface area contributed by atoms with Gasteiger partial charge in [-0.05, 0) is 52.2 Å². The van der Waals surface area contributed by atoms with Gasteiger partial charge in [0.15, 0.2) is 0 Å². The van der Waals surface area contributed by atoms with Gasteiger partial charge in [-0.3, -0.25) is 0 Å². The number of ether oxygens (including phenoxy) is 2. The lowest BCUT2D eigenvalue weighted by Crippen LogP contribution is -2.42. The highest BCUT2D eigenvalue weighted by molar-refractivity contribution is 5.92. The number of aliphatic hydroxyl groups excluding tert-OH is 1. The van der Waals surface area contributed by atoms with E-state index in [1.165, 1.54) is 0 Å². The Morgan fingerprint density at radius 3 is 2.76 bits per heavy atom. The Morgan fingerprint density at radius 1 is 1.44 bits per heavy atom. The second-order valence-corrected chi connectivity index (χ2v) is 6.71. The van der Waals surface area contributed by atoms with Crippen molar-refractivity contribution in [2.24, 2.45) is 5.92 Å². The zero-order valence-electron chi connectivity index (χ0n) is 15.2. The van der Waals surface area contributed by atoms with Crippen LogP contribution in [0.25, 0.3) is 0 Å². The van der Waals surface area contributed by atoms with Crippen LogP contribution in [0, 0.1) is 5.92 Å². The molecular weight excluding hydrogens is 320 g/mol. The van der Waals surface area contributed by atoms with Gasteiger partial charge >= 0.3 is 11.9 Å². The molecule has 0 spiro atoms. The molecule has 2 aliphatic rings. The zero-order chi connectivity index (χ0) is 18.7. The van der Waals surface area contributed by atoms with Gasteiger partial charge in [-0.25, -0.2) is 9.59 Å². The quantitative estimate of drug-likeness (QED) is 0.473. The summed E-state index contributed by atoms with van der Waals surface area (Å²) in [5, 5.41) is 10.8. The molecule has 0 aromatic rings. The molecule has 1 aliphatic heterocycles. The maximum Gasteiger partial charge on any atom is 0.334 e. The van der Waals surface area contributed by atoms with Gasteiger partial charge in [0.25, 0.3) is 0 Å². The molecule has 0 radical (unpaired) electrons. The van der Waals surface area contributed by atoms with Crippen molar-refractivity contribution in [1.29, 1.82) is 0 Å². The van der Waals surface area contributed by atoms with E-state index < -0.39 is 36.2 Å². The van der Waals surface area contributed by atoms with Crippen LogP contribution < -0.4 is 0 Å². The smallest absolute Gasteiger partial charge is 0.334 e. The maximum absolute atomic E-state index is 12.3. The van der Waals surface area contributed by atoms with Gasteiger partial charge in [0.05, 0.1) is 5.92 Å². The summed E-state index contributed by atoms with van der Waals surface area (Å²) >= 11 is 0. The van der Waals surface area contributed by atoms with Crippen molar-refractivity contribution in [1.82, 2.24) is 0 Å². The summed E-state index contributed by atoms with van der Waals surface area (Å²) in [6.07, 6.45) is 4.45. The molecule has 5 nitrogen and oxygen atoms in total. The molecule has 2 rings (SSSR count). The maximum atomic E-state index is 12.3. The lowest BCUT2D eigenvalue weighted by Gasteiger charge is -2.31. The monoisotopic (exact) mass is 346 g/mol. The molecule has 1 N–H and O–H groups in total. The SMILES string of the molecule is C=C1C(=O)O[C@@H]2/C=C(\C)CC/C=C(\C)[C@@H](O)[C@@H](OC(=O)/C(C)=C/C)[C@H]12. The van der Waals surface area contributed by atoms with Crippen LogP contribution in [0.1, 0.15) is 40.5 Å². The minimum Gasteiger partial charge on any atom is -0.455 e. The third-order valence-electron chi connectivity index (χ3n) is 4.85. The minimum atomic E-state index is -1.03. The van der Waals surface area contributed by atoms with Crippen molar-refractivity contribution >= 4 is 11.9 Å². The van der Waals surface area contributed by atoms with Gasteiger partial charge in [-0.1, -0.05) is 24.3 Å². The molecule has 1 heterocycles. The first-order chi connectivity index (χ1) is 11.8. The topological polar surface area (TPSA) is 72.8 Å². The summed E-state index contributed by atoms with van der Waals surface area (Å²) in [7, 11) is 0. The van der Waals surface area contributed by atoms with Crippen molar-refractivity contribution in [3.05, 3.63) is 47.1 Å². The molecule has 4 atom stereocenters. The largest absolute Gasteiger partial charge is 0.455 e. The molecule has 0 bridgehead atoms. The van der Waals surface area contributed by atoms with Crippen LogP contribution in [0.4, 0.5) is 0 Å². The molecule has 136 valence electrons. The van der Waals surface area contributed by atoms with Crippen LogP contribution in [-0.4, -0.2) is 35.4 Å². The van der Waals surface area contributed by atoms with Crippen molar-refractivity contribution < 1.29 is 24.2 Å². The summed E-state index contributed by atoms with van der Waals surface area (Å²) in [4.78, 5) is 24.3. The molecule has 0 amide bonds. The Kier molecular flexibility index (Phi) is 6.01. The van der Waals surface area contributed by atoms with Gasteiger partial charge in [0.2, 0.25) is 0 Å². The standard InChI is InChI=1S/C20H26O5/c1-6-12(3)19(22)25-18-16-14(5)20(23)24-15(16)10-11(2)8-7-9-13(4)17(18)21/h6,9-10,15-18,21H,5,7-8H2,1-4H3/b11-10+,12-6+,13-9+/t15-,16-,17-,18+/m1/s1. The predicted molar refractivity (Wildman–Crippen MR) is 94.6 cm³/mol. The number of esters is 2. The molecule has 0 aromatic heterocycles. The van der Waals surface area contributed by atoms with Gasteiger partial charge in [-0.15, -0.1) is 0 Å². The van der Waals surface area contributed by atoms with Crippen LogP contribution in [-0.2, 0) is 19.1 Å². The summed E-state index contributed by atoms with van der Waals surface area (Å²) in [5.41, 5.74) is 2.44. The first kappa shape index (κ1) is 19.2. The summed E-state index contributed by atoms with van der Waals surface area (Å²) in [6.45, 7) is 11.0. The van der Waals surface area contributed by atoms with Crippen LogP contribution in [0.15, 0.2) is 47.1 Å². The first-order valence-electron chi connectivity index (χ1n) is 8.52. The van der Waals surface area contributed by atoms with E-state index in [0.29, 0.717) is 11.1 Å². The molecule has 1 saturated heterocycles. The average Bonchev–Trinajstić information content (AvgIpc) is 2.84. The van der Waals surface area contributed by atoms with Gasteiger partial charge in [0, 0.05) is 11.1 Å². The third-order valence-corrected chi connectivity index (χ3v) is 4.85. The molecule has 0 unspecified atom stereocenters. The molecule has 0 aromatic carbocycles. The Hall–Kier alpha value is -2.14. The summed E-state index contributed by atoms with van der Waals surface area (Å²) < 4.78 is 11.0. The Bertz CT molecular complexity index is 668. The summed E-state index contributed by atoms with van der Waals surface area (Å²) in [5.74, 6) is -1.66. The number of fused-ring (bicyclic) bond motifs is 1. The van der Waals surface area contributed by atoms with Crippen LogP contribution in [0.5, 0.6) is 0 Å². The van der Waals surface area contributed by atoms with Crippen molar-refractivity contribution in [3.8, 4) is 0 Å². The number of carbonyl (C=O) groups is 2. The number of hydrogen-bond acceptors (Lipinski definition) is 5. The highest BCUT2D eigenvalue weighted by Gasteiger charge is 2.47. The lowest BCUT2D eigenvalue weighted by molar-refractivity contribution is -0.153. The van der Waals surface area contributed by atoms with E-state index in [4.69, 9.17) is 9.47 Å². The Balaban J connectivity index is 2.47. The number of rotatable bonds is 2. The van der Waals surface area contributed by atoms with Gasteiger partial charge < -0.3 is 14.6 Å². The van der Waals surface area contributed by atoms with E-state index in [1.54, 1.807) is 26.8 Å². The molecule has 25 heavy (non-hydrogen) atoms. The highest BCUT2D eigenvalue weighted by atomic mass is 16.6. The number of hydrogen-bond donors (Lipinski definition) is 1. The molecular formula is C20H26O5. The van der Waals surface area contributed by atoms with Crippen LogP contribution >= 0.6 is 0 Å². The second-order valence-electron chi connectivity index (χ2n) is 6.71. The second kappa shape index (κ2) is 7.83. The van der Waals surface area contributed by atoms with E-state index >= 15 is 0 Å². The number of allylic oxidation sites excluding steroid dienone is 3. The van der Waals surface area contributed by atoms with Crippen molar-refractivity contribution in [3.63, 3.8) is 0 Å². The van der Waals surface area contributed by atoms with Crippen LogP contribution in [0.3, 0.4) is 0 Å². The van der Waals surface area contributed by atoms with Crippen LogP contribution in [0.2, 0.25) is 0 Å². The fraction of sp³-hybridized carbons (Fsp3) is 0.500. The fourth-order valence-electron chi connectivity index (χ4n) is 3.07. The van der Waals surface area contributed by atoms with E-state index in [0.717, 1.165) is 18.4 Å². The van der Waals surface area contributed by atoms with Crippen molar-refractivity contribution in [2.45, 2.75) is 58.8 Å². The summed E-state index contributed by atoms with van der Waals surface area (Å²) in [6, 6.07) is 0. The molecule has 1 aliphatic carbocycles. The normalized spacial score (nSPS) is 35.0. The minimum absolute atomic E-state index is 0.220. The average molecular weight is 346 g/mol. The molecule has 0 saturated carbocycles. The van der Waals surface area contributed by atoms with E-state index in [-0.39, 0.29) is 5.57 Å². The molecule has 1 fully saturated rings. The van der Waals surface area contributed by atoms with E-state index in [2.05, 4.69) is 6.58 Å². The zero-order valence-corrected chi connectivity index (χ0v) is 15.2. The Labute approximate surface area is 148 Å². The predicted octanol–water partition coefficient (Wildman–Crippen LogP) is 3.01. The molecule has 5 heteroatoms. The number of aliphatic hydroxyl groups is 1. The highest BCUT2D eigenvalue weighted by Crippen LogP contribution is 2.36. The van der Waals surface area contributed by atoms with Crippen molar-refractivity contribution in [2.75, 3.05) is 0 Å². The van der Waals surface area contributed by atoms with E-state index in [1.807, 2.05) is 19.1 Å². The first-order valence-corrected chi connectivity index (χ1v) is 8.52. The Morgan fingerprint density at radius 2 is 2.12 bits per heavy atom. The number of carbonyl (C=O) groups excluding carboxylic acids is 2. The lowest BCUT2D eigenvalue weighted by atomic mass is 9.84. The third kappa shape index (κ3) is 4.10.